The van der Waals surface area contributed by atoms with E-state index in [0.717, 1.165) is 32.0 Å². The number of anilines is 1. The molecule has 7 nitrogen and oxygen atoms in total. The smallest absolute Gasteiger partial charge is 0.259 e. The number of carbonyl (C=O) groups excluding carboxylic acids is 2. The molecule has 2 heterocycles. The van der Waals surface area contributed by atoms with Crippen LogP contribution in [0.3, 0.4) is 0 Å². The molecule has 1 fully saturated rings. The Morgan fingerprint density at radius 1 is 1.15 bits per heavy atom. The highest BCUT2D eigenvalue weighted by molar-refractivity contribution is 7.91. The van der Waals surface area contributed by atoms with Crippen molar-refractivity contribution < 1.29 is 18.0 Å². The van der Waals surface area contributed by atoms with Crippen LogP contribution in [0.4, 0.5) is 5.69 Å². The van der Waals surface area contributed by atoms with Crippen molar-refractivity contribution in [2.45, 2.75) is 42.9 Å². The third-order valence-corrected chi connectivity index (χ3v) is 8.31. The number of fused-ring (bicyclic) bond motifs is 2. The molecule has 1 atom stereocenters. The standard InChI is InChI=1S/C25H31N3O4S/c1-3-28-21-16-19(24(29)26-13-7-15-27-14-6-8-18(2)17-27)11-12-23(21)33(31,32)22-10-5-4-9-20(22)25(28)30/h4-5,9-12,16,18H,3,6-8,13-15,17H2,1-2H3,(H,26,29)/t18-/m0/s1. The summed E-state index contributed by atoms with van der Waals surface area (Å²) >= 11 is 0. The number of piperidine rings is 1. The molecule has 2 amide bonds. The Bertz CT molecular complexity index is 1160. The molecule has 4 rings (SSSR count). The summed E-state index contributed by atoms with van der Waals surface area (Å²) in [4.78, 5) is 29.8. The lowest BCUT2D eigenvalue weighted by Gasteiger charge is -2.30. The van der Waals surface area contributed by atoms with Gasteiger partial charge in [0, 0.05) is 25.2 Å². The van der Waals surface area contributed by atoms with Crippen molar-refractivity contribution in [2.75, 3.05) is 37.6 Å². The van der Waals surface area contributed by atoms with Crippen LogP contribution >= 0.6 is 0 Å². The minimum absolute atomic E-state index is 0.00330. The predicted molar refractivity (Wildman–Crippen MR) is 127 cm³/mol. The highest BCUT2D eigenvalue weighted by Crippen LogP contribution is 2.37. The molecule has 0 bridgehead atoms. The van der Waals surface area contributed by atoms with Crippen LogP contribution in [0.1, 0.15) is 53.8 Å². The Kier molecular flexibility index (Phi) is 6.86. The highest BCUT2D eigenvalue weighted by atomic mass is 32.2. The fourth-order valence-electron chi connectivity index (χ4n) is 4.76. The molecule has 2 aromatic rings. The van der Waals surface area contributed by atoms with Crippen molar-refractivity contribution >= 4 is 27.3 Å². The number of rotatable bonds is 6. The van der Waals surface area contributed by atoms with Crippen LogP contribution in [-0.4, -0.2) is 57.9 Å². The molecule has 1 saturated heterocycles. The van der Waals surface area contributed by atoms with E-state index in [1.165, 1.54) is 48.1 Å². The monoisotopic (exact) mass is 469 g/mol. The van der Waals surface area contributed by atoms with Crippen LogP contribution < -0.4 is 10.2 Å². The minimum Gasteiger partial charge on any atom is -0.352 e. The van der Waals surface area contributed by atoms with Gasteiger partial charge in [0.1, 0.15) is 0 Å². The molecule has 0 aliphatic carbocycles. The summed E-state index contributed by atoms with van der Waals surface area (Å²) in [6.07, 6.45) is 3.36. The molecule has 2 aliphatic heterocycles. The Labute approximate surface area is 195 Å². The first kappa shape index (κ1) is 23.4. The van der Waals surface area contributed by atoms with E-state index in [2.05, 4.69) is 17.1 Å². The minimum atomic E-state index is -3.89. The summed E-state index contributed by atoms with van der Waals surface area (Å²) in [5.74, 6) is 0.0655. The van der Waals surface area contributed by atoms with Crippen molar-refractivity contribution in [3.8, 4) is 0 Å². The van der Waals surface area contributed by atoms with Crippen LogP contribution in [0, 0.1) is 5.92 Å². The van der Waals surface area contributed by atoms with E-state index in [4.69, 9.17) is 0 Å². The summed E-state index contributed by atoms with van der Waals surface area (Å²) in [5.41, 5.74) is 0.731. The van der Waals surface area contributed by atoms with Crippen LogP contribution in [0.5, 0.6) is 0 Å². The molecule has 8 heteroatoms. The molecule has 0 saturated carbocycles. The van der Waals surface area contributed by atoms with Gasteiger partial charge in [0.05, 0.1) is 21.0 Å². The van der Waals surface area contributed by atoms with Crippen LogP contribution in [-0.2, 0) is 9.84 Å². The van der Waals surface area contributed by atoms with Gasteiger partial charge in [-0.15, -0.1) is 0 Å². The average molecular weight is 470 g/mol. The lowest BCUT2D eigenvalue weighted by molar-refractivity contribution is 0.0947. The van der Waals surface area contributed by atoms with Gasteiger partial charge >= 0.3 is 0 Å². The number of benzene rings is 2. The van der Waals surface area contributed by atoms with Crippen molar-refractivity contribution in [1.29, 1.82) is 0 Å². The fraction of sp³-hybridized carbons (Fsp3) is 0.440. The first-order valence-electron chi connectivity index (χ1n) is 11.6. The summed E-state index contributed by atoms with van der Waals surface area (Å²) in [6, 6.07) is 10.7. The first-order valence-corrected chi connectivity index (χ1v) is 13.1. The Balaban J connectivity index is 1.52. The molecule has 33 heavy (non-hydrogen) atoms. The average Bonchev–Trinajstić information content (AvgIpc) is 2.88. The number of likely N-dealkylation sites (tertiary alicyclic amines) is 1. The second kappa shape index (κ2) is 9.65. The van der Waals surface area contributed by atoms with Crippen LogP contribution in [0.25, 0.3) is 0 Å². The summed E-state index contributed by atoms with van der Waals surface area (Å²) in [5, 5.41) is 2.94. The molecule has 0 unspecified atom stereocenters. The number of nitrogens with zero attached hydrogens (tertiary/aromatic N) is 2. The number of nitrogens with one attached hydrogen (secondary N) is 1. The first-order chi connectivity index (χ1) is 15.8. The normalized spacial score (nSPS) is 20.0. The van der Waals surface area contributed by atoms with E-state index in [9.17, 15) is 18.0 Å². The third-order valence-electron chi connectivity index (χ3n) is 6.45. The van der Waals surface area contributed by atoms with Gasteiger partial charge in [0.15, 0.2) is 0 Å². The Hall–Kier alpha value is -2.71. The van der Waals surface area contributed by atoms with Gasteiger partial charge in [0.2, 0.25) is 9.84 Å². The highest BCUT2D eigenvalue weighted by Gasteiger charge is 2.35. The van der Waals surface area contributed by atoms with Crippen molar-refractivity contribution in [3.63, 3.8) is 0 Å². The number of hydrogen-bond acceptors (Lipinski definition) is 5. The zero-order chi connectivity index (χ0) is 23.6. The molecular weight excluding hydrogens is 438 g/mol. The largest absolute Gasteiger partial charge is 0.352 e. The van der Waals surface area contributed by atoms with E-state index in [-0.39, 0.29) is 39.4 Å². The van der Waals surface area contributed by atoms with Gasteiger partial charge in [-0.2, -0.15) is 0 Å². The zero-order valence-electron chi connectivity index (χ0n) is 19.2. The second-order valence-corrected chi connectivity index (χ2v) is 10.8. The van der Waals surface area contributed by atoms with E-state index < -0.39 is 9.84 Å². The summed E-state index contributed by atoms with van der Waals surface area (Å²) in [6.45, 7) is 8.06. The molecule has 0 aromatic heterocycles. The number of sulfone groups is 1. The number of carbonyl (C=O) groups is 2. The maximum atomic E-state index is 13.3. The van der Waals surface area contributed by atoms with Crippen LogP contribution in [0.15, 0.2) is 52.3 Å². The lowest BCUT2D eigenvalue weighted by atomic mass is 10.0. The Morgan fingerprint density at radius 2 is 1.94 bits per heavy atom. The van der Waals surface area contributed by atoms with E-state index >= 15 is 0 Å². The predicted octanol–water partition coefficient (Wildman–Crippen LogP) is 3.35. The summed E-state index contributed by atoms with van der Waals surface area (Å²) in [7, 11) is -3.89. The molecule has 0 spiro atoms. The molecule has 2 aromatic carbocycles. The topological polar surface area (TPSA) is 86.8 Å². The van der Waals surface area contributed by atoms with Gasteiger partial charge in [0.25, 0.3) is 11.8 Å². The lowest BCUT2D eigenvalue weighted by Crippen LogP contribution is -2.36. The molecule has 176 valence electrons. The maximum Gasteiger partial charge on any atom is 0.259 e. The van der Waals surface area contributed by atoms with E-state index in [0.29, 0.717) is 12.1 Å². The van der Waals surface area contributed by atoms with Gasteiger partial charge in [-0.1, -0.05) is 19.1 Å². The number of amides is 2. The number of hydrogen-bond donors (Lipinski definition) is 1. The molecule has 1 N–H and O–H groups in total. The van der Waals surface area contributed by atoms with Gasteiger partial charge < -0.3 is 15.1 Å². The van der Waals surface area contributed by atoms with Crippen molar-refractivity contribution in [1.82, 2.24) is 10.2 Å². The zero-order valence-corrected chi connectivity index (χ0v) is 20.0. The molecule has 0 radical (unpaired) electrons. The van der Waals surface area contributed by atoms with E-state index in [1.54, 1.807) is 19.1 Å². The second-order valence-electron chi connectivity index (χ2n) is 8.89. The maximum absolute atomic E-state index is 13.3. The van der Waals surface area contributed by atoms with Crippen molar-refractivity contribution in [2.24, 2.45) is 5.92 Å². The fourth-order valence-corrected chi connectivity index (χ4v) is 6.39. The van der Waals surface area contributed by atoms with Crippen molar-refractivity contribution in [3.05, 3.63) is 53.6 Å². The molecular formula is C25H31N3O4S. The van der Waals surface area contributed by atoms with Gasteiger partial charge in [-0.3, -0.25) is 9.59 Å². The third kappa shape index (κ3) is 4.68. The SMILES string of the molecule is CCN1C(=O)c2ccccc2S(=O)(=O)c2ccc(C(=O)NCCCN3CCC[C@H](C)C3)cc21. The van der Waals surface area contributed by atoms with Gasteiger partial charge in [-0.25, -0.2) is 8.42 Å². The van der Waals surface area contributed by atoms with E-state index in [1.807, 2.05) is 0 Å². The van der Waals surface area contributed by atoms with Gasteiger partial charge in [-0.05, 0) is 75.5 Å². The van der Waals surface area contributed by atoms with Crippen LogP contribution in [0.2, 0.25) is 0 Å². The molecule has 2 aliphatic rings. The quantitative estimate of drug-likeness (QED) is 0.656. The Morgan fingerprint density at radius 3 is 2.70 bits per heavy atom. The summed E-state index contributed by atoms with van der Waals surface area (Å²) < 4.78 is 26.6.